The monoisotopic (exact) mass is 288 g/mol. The van der Waals surface area contributed by atoms with E-state index in [1.54, 1.807) is 17.4 Å². The van der Waals surface area contributed by atoms with Crippen molar-refractivity contribution in [2.75, 3.05) is 0 Å². The van der Waals surface area contributed by atoms with Crippen LogP contribution in [-0.2, 0) is 0 Å². The molecule has 0 bridgehead atoms. The first-order valence-corrected chi connectivity index (χ1v) is 7.43. The number of benzene rings is 2. The van der Waals surface area contributed by atoms with Gasteiger partial charge in [-0.2, -0.15) is 5.26 Å². The van der Waals surface area contributed by atoms with E-state index in [4.69, 9.17) is 4.99 Å². The second-order valence-electron chi connectivity index (χ2n) is 4.43. The minimum absolute atomic E-state index is 0.586. The predicted octanol–water partition coefficient (Wildman–Crippen LogP) is 4.79. The molecular formula is C18H12N2S. The lowest BCUT2D eigenvalue weighted by Gasteiger charge is -2.06. The highest BCUT2D eigenvalue weighted by Crippen LogP contribution is 2.23. The van der Waals surface area contributed by atoms with Gasteiger partial charge in [0, 0.05) is 5.56 Å². The first-order valence-electron chi connectivity index (χ1n) is 6.55. The summed E-state index contributed by atoms with van der Waals surface area (Å²) in [7, 11) is 0. The first-order chi connectivity index (χ1) is 10.4. The minimum atomic E-state index is 0.586. The van der Waals surface area contributed by atoms with Gasteiger partial charge in [-0.15, -0.1) is 11.3 Å². The molecule has 1 aromatic heterocycles. The molecule has 100 valence electrons. The van der Waals surface area contributed by atoms with Gasteiger partial charge in [-0.1, -0.05) is 48.5 Å². The number of hydrogen-bond donors (Lipinski definition) is 0. The van der Waals surface area contributed by atoms with Crippen LogP contribution in [0.1, 0.15) is 16.0 Å². The third-order valence-corrected chi connectivity index (χ3v) is 3.94. The lowest BCUT2D eigenvalue weighted by Crippen LogP contribution is -2.00. The van der Waals surface area contributed by atoms with Gasteiger partial charge >= 0.3 is 0 Å². The molecule has 0 aliphatic heterocycles. The van der Waals surface area contributed by atoms with Gasteiger partial charge < -0.3 is 0 Å². The van der Waals surface area contributed by atoms with Crippen LogP contribution >= 0.6 is 11.3 Å². The van der Waals surface area contributed by atoms with Crippen molar-refractivity contribution in [3.05, 3.63) is 88.1 Å². The van der Waals surface area contributed by atoms with Crippen LogP contribution in [0.2, 0.25) is 0 Å². The molecule has 1 heterocycles. The Kier molecular flexibility index (Phi) is 3.90. The van der Waals surface area contributed by atoms with Gasteiger partial charge in [0.15, 0.2) is 0 Å². The Bertz CT molecular complexity index is 797. The van der Waals surface area contributed by atoms with Gasteiger partial charge in [0.2, 0.25) is 0 Å². The Morgan fingerprint density at radius 2 is 1.67 bits per heavy atom. The molecule has 0 radical (unpaired) electrons. The Hall–Kier alpha value is -2.70. The summed E-state index contributed by atoms with van der Waals surface area (Å²) in [5.74, 6) is 0. The van der Waals surface area contributed by atoms with E-state index in [0.717, 1.165) is 16.2 Å². The maximum atomic E-state index is 9.22. The third kappa shape index (κ3) is 2.91. The van der Waals surface area contributed by atoms with Gasteiger partial charge in [-0.25, -0.2) is 4.99 Å². The molecule has 0 fully saturated rings. The van der Waals surface area contributed by atoms with E-state index in [1.807, 2.05) is 66.0 Å². The molecule has 2 aromatic carbocycles. The van der Waals surface area contributed by atoms with Gasteiger partial charge in [-0.05, 0) is 23.6 Å². The largest absolute Gasteiger partial charge is 0.246 e. The molecule has 2 nitrogen and oxygen atoms in total. The van der Waals surface area contributed by atoms with E-state index in [2.05, 4.69) is 6.07 Å². The fraction of sp³-hybridized carbons (Fsp3) is 0. The van der Waals surface area contributed by atoms with Crippen LogP contribution in [0.15, 0.2) is 77.1 Å². The van der Waals surface area contributed by atoms with Crippen LogP contribution in [0.3, 0.4) is 0 Å². The second-order valence-corrected chi connectivity index (χ2v) is 5.38. The van der Waals surface area contributed by atoms with Crippen LogP contribution in [-0.4, -0.2) is 5.71 Å². The predicted molar refractivity (Wildman–Crippen MR) is 87.2 cm³/mol. The zero-order chi connectivity index (χ0) is 14.5. The lowest BCUT2D eigenvalue weighted by molar-refractivity contribution is 1.43. The zero-order valence-corrected chi connectivity index (χ0v) is 12.0. The van der Waals surface area contributed by atoms with Crippen molar-refractivity contribution in [3.63, 3.8) is 0 Å². The van der Waals surface area contributed by atoms with E-state index in [-0.39, 0.29) is 0 Å². The molecule has 0 unspecified atom stereocenters. The molecule has 0 spiro atoms. The number of nitrogens with zero attached hydrogens (tertiary/aromatic N) is 2. The highest BCUT2D eigenvalue weighted by Gasteiger charge is 2.09. The van der Waals surface area contributed by atoms with Crippen LogP contribution in [0.25, 0.3) is 0 Å². The quantitative estimate of drug-likeness (QED) is 0.638. The number of para-hydroxylation sites is 1. The van der Waals surface area contributed by atoms with Crippen LogP contribution in [0.4, 0.5) is 5.69 Å². The molecule has 21 heavy (non-hydrogen) atoms. The van der Waals surface area contributed by atoms with Crippen molar-refractivity contribution in [1.29, 1.82) is 5.26 Å². The summed E-state index contributed by atoms with van der Waals surface area (Å²) in [6.45, 7) is 0. The molecule has 0 saturated carbocycles. The molecule has 3 aromatic rings. The average Bonchev–Trinajstić information content (AvgIpc) is 3.08. The molecule has 3 rings (SSSR count). The van der Waals surface area contributed by atoms with E-state index in [1.165, 1.54) is 0 Å². The van der Waals surface area contributed by atoms with Crippen molar-refractivity contribution in [3.8, 4) is 6.07 Å². The molecule has 0 atom stereocenters. The van der Waals surface area contributed by atoms with Crippen LogP contribution in [0.5, 0.6) is 0 Å². The van der Waals surface area contributed by atoms with Crippen molar-refractivity contribution in [2.45, 2.75) is 0 Å². The Morgan fingerprint density at radius 3 is 2.38 bits per heavy atom. The van der Waals surface area contributed by atoms with Crippen molar-refractivity contribution in [2.24, 2.45) is 4.99 Å². The summed E-state index contributed by atoms with van der Waals surface area (Å²) in [5, 5.41) is 11.2. The number of thiophene rings is 1. The maximum absolute atomic E-state index is 9.22. The van der Waals surface area contributed by atoms with Gasteiger partial charge in [-0.3, -0.25) is 0 Å². The molecule has 0 saturated heterocycles. The molecule has 0 amide bonds. The standard InChI is InChI=1S/C18H12N2S/c19-13-15-9-4-5-10-16(15)20-18(17-11-6-12-21-17)14-7-2-1-3-8-14/h1-12H. The molecule has 0 aliphatic rings. The van der Waals surface area contributed by atoms with Crippen LogP contribution < -0.4 is 0 Å². The Balaban J connectivity index is 2.17. The zero-order valence-electron chi connectivity index (χ0n) is 11.2. The summed E-state index contributed by atoms with van der Waals surface area (Å²) >= 11 is 1.64. The molecule has 3 heteroatoms. The van der Waals surface area contributed by atoms with E-state index in [0.29, 0.717) is 11.3 Å². The summed E-state index contributed by atoms with van der Waals surface area (Å²) < 4.78 is 0. The molecule has 0 N–H and O–H groups in total. The number of nitriles is 1. The topological polar surface area (TPSA) is 36.1 Å². The average molecular weight is 288 g/mol. The van der Waals surface area contributed by atoms with E-state index in [9.17, 15) is 5.26 Å². The highest BCUT2D eigenvalue weighted by molar-refractivity contribution is 7.12. The van der Waals surface area contributed by atoms with Crippen molar-refractivity contribution >= 4 is 22.7 Å². The molecule has 0 aliphatic carbocycles. The highest BCUT2D eigenvalue weighted by atomic mass is 32.1. The molecular weight excluding hydrogens is 276 g/mol. The van der Waals surface area contributed by atoms with Gasteiger partial charge in [0.25, 0.3) is 0 Å². The van der Waals surface area contributed by atoms with E-state index >= 15 is 0 Å². The number of rotatable bonds is 3. The Labute approximate surface area is 127 Å². The maximum Gasteiger partial charge on any atom is 0.101 e. The SMILES string of the molecule is N#Cc1ccccc1N=C(c1ccccc1)c1cccs1. The van der Waals surface area contributed by atoms with Crippen molar-refractivity contribution < 1.29 is 0 Å². The fourth-order valence-corrected chi connectivity index (χ4v) is 2.79. The number of hydrogen-bond acceptors (Lipinski definition) is 3. The summed E-state index contributed by atoms with van der Waals surface area (Å²) in [4.78, 5) is 5.84. The summed E-state index contributed by atoms with van der Waals surface area (Å²) in [5.41, 5.74) is 3.23. The van der Waals surface area contributed by atoms with Crippen molar-refractivity contribution in [1.82, 2.24) is 0 Å². The van der Waals surface area contributed by atoms with E-state index < -0.39 is 0 Å². The van der Waals surface area contributed by atoms with Crippen LogP contribution in [0, 0.1) is 11.3 Å². The normalized spacial score (nSPS) is 11.1. The Morgan fingerprint density at radius 1 is 0.905 bits per heavy atom. The number of aliphatic imine (C=N–C) groups is 1. The first kappa shape index (κ1) is 13.3. The fourth-order valence-electron chi connectivity index (χ4n) is 2.06. The smallest absolute Gasteiger partial charge is 0.101 e. The summed E-state index contributed by atoms with van der Waals surface area (Å²) in [6, 6.07) is 23.7. The lowest BCUT2D eigenvalue weighted by atomic mass is 10.1. The third-order valence-electron chi connectivity index (χ3n) is 3.06. The second kappa shape index (κ2) is 6.17. The van der Waals surface area contributed by atoms with Gasteiger partial charge in [0.05, 0.1) is 21.8 Å². The minimum Gasteiger partial charge on any atom is -0.246 e. The van der Waals surface area contributed by atoms with Gasteiger partial charge in [0.1, 0.15) is 6.07 Å². The summed E-state index contributed by atoms with van der Waals surface area (Å²) in [6.07, 6.45) is 0.